The molecule has 1 N–H and O–H groups in total. The Labute approximate surface area is 206 Å². The third-order valence-corrected chi connectivity index (χ3v) is 7.99. The third kappa shape index (κ3) is 6.14. The fourth-order valence-corrected chi connectivity index (χ4v) is 5.48. The van der Waals surface area contributed by atoms with E-state index in [-0.39, 0.29) is 5.91 Å². The maximum Gasteiger partial charge on any atom is 0.255 e. The van der Waals surface area contributed by atoms with E-state index in [1.165, 1.54) is 0 Å². The Hall–Kier alpha value is -3.51. The quantitative estimate of drug-likeness (QED) is 0.546. The van der Waals surface area contributed by atoms with Gasteiger partial charge in [0.15, 0.2) is 0 Å². The van der Waals surface area contributed by atoms with E-state index in [2.05, 4.69) is 16.3 Å². The Morgan fingerprint density at radius 1 is 0.943 bits per heavy atom. The molecule has 0 unspecified atom stereocenters. The van der Waals surface area contributed by atoms with E-state index >= 15 is 0 Å². The summed E-state index contributed by atoms with van der Waals surface area (Å²) in [5.74, 6) is -0.200. The van der Waals surface area contributed by atoms with Gasteiger partial charge in [0.25, 0.3) is 5.91 Å². The summed E-state index contributed by atoms with van der Waals surface area (Å²) in [6, 6.07) is 23.8. The fraction of sp³-hybridized carbons (Fsp3) is 0.259. The summed E-state index contributed by atoms with van der Waals surface area (Å²) in [6.45, 7) is 4.68. The maximum atomic E-state index is 12.9. The second-order valence-electron chi connectivity index (χ2n) is 8.68. The van der Waals surface area contributed by atoms with E-state index in [4.69, 9.17) is 5.26 Å². The Morgan fingerprint density at radius 3 is 2.29 bits per heavy atom. The van der Waals surface area contributed by atoms with Gasteiger partial charge in [-0.05, 0) is 54.4 Å². The number of hydrogen-bond donors (Lipinski definition) is 1. The van der Waals surface area contributed by atoms with Gasteiger partial charge in [0.05, 0.1) is 17.4 Å². The van der Waals surface area contributed by atoms with Crippen LogP contribution in [0.5, 0.6) is 0 Å². The first-order valence-electron chi connectivity index (χ1n) is 11.5. The molecule has 0 bridgehead atoms. The molecule has 0 spiro atoms. The Morgan fingerprint density at radius 2 is 1.63 bits per heavy atom. The first-order valence-corrected chi connectivity index (χ1v) is 12.9. The molecule has 1 amide bonds. The lowest BCUT2D eigenvalue weighted by atomic mass is 10.1. The molecule has 0 aliphatic carbocycles. The average molecular weight is 489 g/mol. The number of nitriles is 1. The van der Waals surface area contributed by atoms with Gasteiger partial charge in [0.2, 0.25) is 10.0 Å². The maximum absolute atomic E-state index is 12.9. The SMILES string of the molecule is Cc1ccc(S(=O)(=O)N2CCN(Cc3cccc(C(=O)Nc4ccc(CC#N)cc4)c3)CC2)cc1. The minimum absolute atomic E-state index is 0.200. The molecule has 0 radical (unpaired) electrons. The molecule has 35 heavy (non-hydrogen) atoms. The zero-order chi connectivity index (χ0) is 24.8. The summed E-state index contributed by atoms with van der Waals surface area (Å²) < 4.78 is 27.4. The molecule has 1 aliphatic rings. The lowest BCUT2D eigenvalue weighted by Gasteiger charge is -2.34. The minimum atomic E-state index is -3.49. The highest BCUT2D eigenvalue weighted by molar-refractivity contribution is 7.89. The second-order valence-corrected chi connectivity index (χ2v) is 10.6. The molecule has 0 saturated carbocycles. The van der Waals surface area contributed by atoms with Gasteiger partial charge in [0.1, 0.15) is 0 Å². The Bertz CT molecular complexity index is 1320. The summed E-state index contributed by atoms with van der Waals surface area (Å²) in [5, 5.41) is 11.7. The van der Waals surface area contributed by atoms with Crippen LogP contribution in [0.15, 0.2) is 77.7 Å². The van der Waals surface area contributed by atoms with Crippen molar-refractivity contribution < 1.29 is 13.2 Å². The van der Waals surface area contributed by atoms with E-state index in [1.54, 1.807) is 34.6 Å². The van der Waals surface area contributed by atoms with Gasteiger partial charge in [-0.25, -0.2) is 8.42 Å². The van der Waals surface area contributed by atoms with Crippen LogP contribution in [-0.2, 0) is 23.0 Å². The van der Waals surface area contributed by atoms with Crippen LogP contribution in [0.4, 0.5) is 5.69 Å². The molecule has 3 aromatic carbocycles. The van der Waals surface area contributed by atoms with Crippen molar-refractivity contribution in [3.05, 3.63) is 95.1 Å². The topological polar surface area (TPSA) is 93.5 Å². The molecule has 8 heteroatoms. The number of aryl methyl sites for hydroxylation is 1. The predicted molar refractivity (Wildman–Crippen MR) is 135 cm³/mol. The zero-order valence-electron chi connectivity index (χ0n) is 19.6. The summed E-state index contributed by atoms with van der Waals surface area (Å²) >= 11 is 0. The lowest BCUT2D eigenvalue weighted by Crippen LogP contribution is -2.48. The minimum Gasteiger partial charge on any atom is -0.322 e. The van der Waals surface area contributed by atoms with Gasteiger partial charge in [0, 0.05) is 44.0 Å². The molecule has 1 fully saturated rings. The fourth-order valence-electron chi connectivity index (χ4n) is 4.06. The molecule has 3 aromatic rings. The summed E-state index contributed by atoms with van der Waals surface area (Å²) in [6.07, 6.45) is 0.336. The smallest absolute Gasteiger partial charge is 0.255 e. The number of piperazine rings is 1. The number of nitrogens with zero attached hydrogens (tertiary/aromatic N) is 3. The molecule has 1 heterocycles. The average Bonchev–Trinajstić information content (AvgIpc) is 2.86. The van der Waals surface area contributed by atoms with Gasteiger partial charge < -0.3 is 5.32 Å². The molecule has 1 aliphatic heterocycles. The van der Waals surface area contributed by atoms with E-state index in [9.17, 15) is 13.2 Å². The van der Waals surface area contributed by atoms with Gasteiger partial charge in [-0.1, -0.05) is 42.0 Å². The highest BCUT2D eigenvalue weighted by Crippen LogP contribution is 2.20. The first kappa shape index (κ1) is 24.6. The van der Waals surface area contributed by atoms with Crippen LogP contribution in [0.1, 0.15) is 27.0 Å². The van der Waals surface area contributed by atoms with Crippen LogP contribution in [0.25, 0.3) is 0 Å². The molecule has 1 saturated heterocycles. The normalized spacial score (nSPS) is 14.9. The number of carbonyl (C=O) groups is 1. The van der Waals surface area contributed by atoms with Crippen molar-refractivity contribution in [2.75, 3.05) is 31.5 Å². The standard InChI is InChI=1S/C27H28N4O3S/c1-21-5-11-26(12-6-21)35(33,34)31-17-15-30(16-18-31)20-23-3-2-4-24(19-23)27(32)29-25-9-7-22(8-10-25)13-14-28/h2-12,19H,13,15-18,20H2,1H3,(H,29,32). The molecular weight excluding hydrogens is 460 g/mol. The Kier molecular flexibility index (Phi) is 7.61. The van der Waals surface area contributed by atoms with Crippen molar-refractivity contribution in [1.29, 1.82) is 5.26 Å². The largest absolute Gasteiger partial charge is 0.322 e. The van der Waals surface area contributed by atoms with Crippen molar-refractivity contribution in [3.63, 3.8) is 0 Å². The lowest BCUT2D eigenvalue weighted by molar-refractivity contribution is 0.102. The van der Waals surface area contributed by atoms with Gasteiger partial charge in [-0.2, -0.15) is 9.57 Å². The monoisotopic (exact) mass is 488 g/mol. The predicted octanol–water partition coefficient (Wildman–Crippen LogP) is 3.82. The number of rotatable bonds is 7. The third-order valence-electron chi connectivity index (χ3n) is 6.08. The van der Waals surface area contributed by atoms with Crippen LogP contribution in [0.3, 0.4) is 0 Å². The van der Waals surface area contributed by atoms with E-state index < -0.39 is 10.0 Å². The number of benzene rings is 3. The van der Waals surface area contributed by atoms with Gasteiger partial charge in [-0.3, -0.25) is 9.69 Å². The molecule has 180 valence electrons. The van der Waals surface area contributed by atoms with Gasteiger partial charge in [-0.15, -0.1) is 0 Å². The van der Waals surface area contributed by atoms with Crippen LogP contribution < -0.4 is 5.32 Å². The number of anilines is 1. The van der Waals surface area contributed by atoms with Crippen LogP contribution in [0.2, 0.25) is 0 Å². The second kappa shape index (κ2) is 10.8. The van der Waals surface area contributed by atoms with E-state index in [0.717, 1.165) is 16.7 Å². The highest BCUT2D eigenvalue weighted by Gasteiger charge is 2.28. The zero-order valence-corrected chi connectivity index (χ0v) is 20.5. The number of hydrogen-bond acceptors (Lipinski definition) is 5. The van der Waals surface area contributed by atoms with Crippen LogP contribution in [0, 0.1) is 18.3 Å². The van der Waals surface area contributed by atoms with E-state index in [0.29, 0.717) is 55.3 Å². The summed E-state index contributed by atoms with van der Waals surface area (Å²) in [5.41, 5.74) is 4.16. The first-order chi connectivity index (χ1) is 16.8. The number of nitrogens with one attached hydrogen (secondary N) is 1. The van der Waals surface area contributed by atoms with Crippen molar-refractivity contribution >= 4 is 21.6 Å². The number of carbonyl (C=O) groups excluding carboxylic acids is 1. The summed E-state index contributed by atoms with van der Waals surface area (Å²) in [4.78, 5) is 15.3. The molecule has 0 atom stereocenters. The summed E-state index contributed by atoms with van der Waals surface area (Å²) in [7, 11) is -3.49. The molecular formula is C27H28N4O3S. The van der Waals surface area contributed by atoms with Crippen molar-refractivity contribution in [3.8, 4) is 6.07 Å². The number of sulfonamides is 1. The number of amides is 1. The Balaban J connectivity index is 1.34. The van der Waals surface area contributed by atoms with Crippen molar-refractivity contribution in [1.82, 2.24) is 9.21 Å². The van der Waals surface area contributed by atoms with Crippen LogP contribution >= 0.6 is 0 Å². The molecule has 7 nitrogen and oxygen atoms in total. The van der Waals surface area contributed by atoms with Crippen LogP contribution in [-0.4, -0.2) is 49.7 Å². The van der Waals surface area contributed by atoms with Crippen molar-refractivity contribution in [2.24, 2.45) is 0 Å². The molecule has 0 aromatic heterocycles. The van der Waals surface area contributed by atoms with Gasteiger partial charge >= 0.3 is 0 Å². The van der Waals surface area contributed by atoms with E-state index in [1.807, 2.05) is 49.4 Å². The molecule has 4 rings (SSSR count). The highest BCUT2D eigenvalue weighted by atomic mass is 32.2. The van der Waals surface area contributed by atoms with Crippen molar-refractivity contribution in [2.45, 2.75) is 24.8 Å².